The van der Waals surface area contributed by atoms with E-state index < -0.39 is 0 Å². The van der Waals surface area contributed by atoms with E-state index in [4.69, 9.17) is 9.97 Å². The van der Waals surface area contributed by atoms with Crippen molar-refractivity contribution in [2.45, 2.75) is 32.6 Å². The van der Waals surface area contributed by atoms with Crippen molar-refractivity contribution in [3.8, 4) is 22.8 Å². The van der Waals surface area contributed by atoms with Crippen molar-refractivity contribution in [3.05, 3.63) is 65.5 Å². The Balaban J connectivity index is 1.92. The molecule has 0 saturated carbocycles. The molecule has 2 heterocycles. The Morgan fingerprint density at radius 2 is 1.61 bits per heavy atom. The van der Waals surface area contributed by atoms with Gasteiger partial charge in [0.05, 0.1) is 5.69 Å². The molecule has 0 fully saturated rings. The second-order valence-electron chi connectivity index (χ2n) is 6.06. The number of aromatic nitrogens is 3. The third-order valence-corrected chi connectivity index (χ3v) is 4.35. The van der Waals surface area contributed by atoms with Gasteiger partial charge >= 0.3 is 0 Å². The lowest BCUT2D eigenvalue weighted by atomic mass is 9.92. The minimum Gasteiger partial charge on any atom is -0.250 e. The van der Waals surface area contributed by atoms with Gasteiger partial charge in [0, 0.05) is 22.5 Å². The molecule has 0 unspecified atom stereocenters. The van der Waals surface area contributed by atoms with E-state index in [1.807, 2.05) is 31.2 Å². The van der Waals surface area contributed by atoms with Crippen molar-refractivity contribution >= 4 is 0 Å². The fourth-order valence-corrected chi connectivity index (χ4v) is 3.21. The van der Waals surface area contributed by atoms with Gasteiger partial charge in [0.15, 0.2) is 5.82 Å². The van der Waals surface area contributed by atoms with Crippen LogP contribution in [0.4, 0.5) is 0 Å². The lowest BCUT2D eigenvalue weighted by molar-refractivity contribution is 0.665. The number of benzene rings is 1. The van der Waals surface area contributed by atoms with Gasteiger partial charge in [-0.3, -0.25) is 0 Å². The van der Waals surface area contributed by atoms with Crippen LogP contribution in [0, 0.1) is 6.92 Å². The van der Waals surface area contributed by atoms with Gasteiger partial charge < -0.3 is 0 Å². The first-order valence-corrected chi connectivity index (χ1v) is 8.20. The number of hydrogen-bond acceptors (Lipinski definition) is 3. The molecule has 0 saturated heterocycles. The maximum Gasteiger partial charge on any atom is 0.178 e. The molecular weight excluding hydrogens is 282 g/mol. The summed E-state index contributed by atoms with van der Waals surface area (Å²) >= 11 is 0. The minimum absolute atomic E-state index is 0.744. The lowest BCUT2D eigenvalue weighted by Gasteiger charge is -2.19. The molecule has 0 bridgehead atoms. The lowest BCUT2D eigenvalue weighted by Crippen LogP contribution is -2.10. The normalized spacial score (nSPS) is 13.6. The number of rotatable bonds is 2. The minimum atomic E-state index is 0.744. The van der Waals surface area contributed by atoms with E-state index in [2.05, 4.69) is 29.2 Å². The second kappa shape index (κ2) is 5.92. The van der Waals surface area contributed by atoms with Crippen LogP contribution in [0.1, 0.15) is 29.8 Å². The summed E-state index contributed by atoms with van der Waals surface area (Å²) in [6, 6.07) is 16.4. The summed E-state index contributed by atoms with van der Waals surface area (Å²) in [6.07, 6.45) is 4.54. The molecule has 1 aliphatic carbocycles. The standard InChI is InChI=1S/C20H19N3/c1-14-8-7-13-18(21-14)20-22-17-12-6-5-11-16(17)19(23-20)15-9-3-2-4-10-15/h2-4,7-10,13H,5-6,11-12H2,1H3. The number of aryl methyl sites for hydroxylation is 2. The van der Waals surface area contributed by atoms with Crippen LogP contribution in [0.25, 0.3) is 22.8 Å². The molecule has 0 aliphatic heterocycles. The highest BCUT2D eigenvalue weighted by molar-refractivity contribution is 5.67. The van der Waals surface area contributed by atoms with E-state index in [1.54, 1.807) is 0 Å². The molecule has 0 N–H and O–H groups in total. The molecule has 3 aromatic rings. The van der Waals surface area contributed by atoms with Crippen LogP contribution < -0.4 is 0 Å². The molecule has 2 aromatic heterocycles. The Labute approximate surface area is 136 Å². The van der Waals surface area contributed by atoms with Crippen LogP contribution >= 0.6 is 0 Å². The molecule has 0 atom stereocenters. The van der Waals surface area contributed by atoms with Gasteiger partial charge in [-0.25, -0.2) is 15.0 Å². The molecule has 3 heteroatoms. The van der Waals surface area contributed by atoms with Crippen LogP contribution in [0.3, 0.4) is 0 Å². The summed E-state index contributed by atoms with van der Waals surface area (Å²) in [5.41, 5.74) is 6.61. The molecule has 23 heavy (non-hydrogen) atoms. The zero-order valence-corrected chi connectivity index (χ0v) is 13.3. The van der Waals surface area contributed by atoms with E-state index in [9.17, 15) is 0 Å². The quantitative estimate of drug-likeness (QED) is 0.704. The third-order valence-electron chi connectivity index (χ3n) is 4.35. The van der Waals surface area contributed by atoms with Crippen LogP contribution in [0.2, 0.25) is 0 Å². The monoisotopic (exact) mass is 301 g/mol. The zero-order valence-electron chi connectivity index (χ0n) is 13.3. The SMILES string of the molecule is Cc1cccc(-c2nc3c(c(-c4ccccc4)n2)CCCC3)n1. The van der Waals surface area contributed by atoms with Crippen LogP contribution in [0.15, 0.2) is 48.5 Å². The first-order chi connectivity index (χ1) is 11.3. The van der Waals surface area contributed by atoms with Gasteiger partial charge in [0.2, 0.25) is 0 Å². The first kappa shape index (κ1) is 14.1. The first-order valence-electron chi connectivity index (χ1n) is 8.20. The van der Waals surface area contributed by atoms with Gasteiger partial charge in [0.1, 0.15) is 5.69 Å². The van der Waals surface area contributed by atoms with Crippen LogP contribution in [-0.2, 0) is 12.8 Å². The summed E-state index contributed by atoms with van der Waals surface area (Å²) in [7, 11) is 0. The second-order valence-corrected chi connectivity index (χ2v) is 6.06. The van der Waals surface area contributed by atoms with Crippen molar-refractivity contribution in [2.75, 3.05) is 0 Å². The summed E-state index contributed by atoms with van der Waals surface area (Å²) in [6.45, 7) is 2.00. The van der Waals surface area contributed by atoms with Crippen LogP contribution in [0.5, 0.6) is 0 Å². The Morgan fingerprint density at radius 3 is 2.43 bits per heavy atom. The molecule has 3 nitrogen and oxygen atoms in total. The predicted molar refractivity (Wildman–Crippen MR) is 92.1 cm³/mol. The van der Waals surface area contributed by atoms with Crippen LogP contribution in [-0.4, -0.2) is 15.0 Å². The highest BCUT2D eigenvalue weighted by atomic mass is 14.9. The molecule has 4 rings (SSSR count). The number of fused-ring (bicyclic) bond motifs is 1. The zero-order chi connectivity index (χ0) is 15.6. The van der Waals surface area contributed by atoms with Crippen molar-refractivity contribution in [2.24, 2.45) is 0 Å². The molecular formula is C20H19N3. The molecule has 0 amide bonds. The van der Waals surface area contributed by atoms with E-state index >= 15 is 0 Å². The van der Waals surface area contributed by atoms with Crippen molar-refractivity contribution in [3.63, 3.8) is 0 Å². The maximum atomic E-state index is 4.89. The fourth-order valence-electron chi connectivity index (χ4n) is 3.21. The molecule has 1 aliphatic rings. The topological polar surface area (TPSA) is 38.7 Å². The van der Waals surface area contributed by atoms with Gasteiger partial charge in [-0.15, -0.1) is 0 Å². The summed E-state index contributed by atoms with van der Waals surface area (Å²) in [5.74, 6) is 0.744. The Hall–Kier alpha value is -2.55. The number of pyridine rings is 1. The van der Waals surface area contributed by atoms with E-state index in [0.29, 0.717) is 0 Å². The Bertz CT molecular complexity index is 841. The van der Waals surface area contributed by atoms with Gasteiger partial charge in [-0.1, -0.05) is 36.4 Å². The van der Waals surface area contributed by atoms with Gasteiger partial charge in [-0.05, 0) is 44.7 Å². The fraction of sp³-hybridized carbons (Fsp3) is 0.250. The van der Waals surface area contributed by atoms with E-state index in [1.165, 1.54) is 29.7 Å². The van der Waals surface area contributed by atoms with Crippen molar-refractivity contribution in [1.29, 1.82) is 0 Å². The molecule has 114 valence electrons. The van der Waals surface area contributed by atoms with E-state index in [-0.39, 0.29) is 0 Å². The van der Waals surface area contributed by atoms with E-state index in [0.717, 1.165) is 35.7 Å². The summed E-state index contributed by atoms with van der Waals surface area (Å²) < 4.78 is 0. The number of hydrogen-bond donors (Lipinski definition) is 0. The smallest absolute Gasteiger partial charge is 0.178 e. The Morgan fingerprint density at radius 1 is 0.783 bits per heavy atom. The summed E-state index contributed by atoms with van der Waals surface area (Å²) in [5, 5.41) is 0. The largest absolute Gasteiger partial charge is 0.250 e. The number of nitrogens with zero attached hydrogens (tertiary/aromatic N) is 3. The van der Waals surface area contributed by atoms with Crippen molar-refractivity contribution in [1.82, 2.24) is 15.0 Å². The highest BCUT2D eigenvalue weighted by Gasteiger charge is 2.19. The average molecular weight is 301 g/mol. The summed E-state index contributed by atoms with van der Waals surface area (Å²) in [4.78, 5) is 14.3. The van der Waals surface area contributed by atoms with Crippen molar-refractivity contribution < 1.29 is 0 Å². The average Bonchev–Trinajstić information content (AvgIpc) is 2.61. The van der Waals surface area contributed by atoms with Gasteiger partial charge in [0.25, 0.3) is 0 Å². The predicted octanol–water partition coefficient (Wildman–Crippen LogP) is 4.39. The molecule has 0 spiro atoms. The molecule has 0 radical (unpaired) electrons. The third kappa shape index (κ3) is 2.74. The Kier molecular flexibility index (Phi) is 3.62. The highest BCUT2D eigenvalue weighted by Crippen LogP contribution is 2.31. The maximum absolute atomic E-state index is 4.89. The molecule has 1 aromatic carbocycles. The van der Waals surface area contributed by atoms with Gasteiger partial charge in [-0.2, -0.15) is 0 Å².